The minimum atomic E-state index is -0.370. The molecular formula is C21H19N5O3S. The highest BCUT2D eigenvalue weighted by Gasteiger charge is 2.10. The number of aromatic nitrogens is 2. The standard InChI is InChI=1S/C21H19N5O3S/c27-18(10-11-20-22-12-16(29-20)14-6-2-1-3-7-14)25-26-19(28)13-23-21-24-15-8-4-5-9-17(15)30-21/h1-9,12H,10-11,13H2,(H,23,24)(H,25,27)(H,26,28). The van der Waals surface area contributed by atoms with Gasteiger partial charge in [-0.2, -0.15) is 0 Å². The van der Waals surface area contributed by atoms with Gasteiger partial charge >= 0.3 is 0 Å². The van der Waals surface area contributed by atoms with Crippen LogP contribution in [-0.2, 0) is 16.0 Å². The number of nitrogens with one attached hydrogen (secondary N) is 3. The van der Waals surface area contributed by atoms with Gasteiger partial charge in [0.25, 0.3) is 5.91 Å². The molecule has 0 saturated heterocycles. The molecule has 2 aromatic carbocycles. The average molecular weight is 421 g/mol. The first-order valence-corrected chi connectivity index (χ1v) is 10.2. The molecule has 2 heterocycles. The van der Waals surface area contributed by atoms with E-state index in [1.165, 1.54) is 11.3 Å². The summed E-state index contributed by atoms with van der Waals surface area (Å²) in [5.41, 5.74) is 6.57. The Morgan fingerprint density at radius 3 is 2.57 bits per heavy atom. The molecular weight excluding hydrogens is 402 g/mol. The molecule has 0 radical (unpaired) electrons. The first-order valence-electron chi connectivity index (χ1n) is 9.34. The van der Waals surface area contributed by atoms with Gasteiger partial charge in [0.05, 0.1) is 23.0 Å². The maximum atomic E-state index is 12.0. The normalized spacial score (nSPS) is 10.7. The number of thiazole rings is 1. The Balaban J connectivity index is 1.18. The van der Waals surface area contributed by atoms with E-state index in [1.54, 1.807) is 6.20 Å². The summed E-state index contributed by atoms with van der Waals surface area (Å²) >= 11 is 1.46. The quantitative estimate of drug-likeness (QED) is 0.396. The van der Waals surface area contributed by atoms with Crippen LogP contribution in [0.3, 0.4) is 0 Å². The SMILES string of the molecule is O=C(CCc1ncc(-c2ccccc2)o1)NNC(=O)CNc1nc2ccccc2s1. The number of amides is 2. The third kappa shape index (κ3) is 5.00. The third-order valence-corrected chi connectivity index (χ3v) is 5.21. The van der Waals surface area contributed by atoms with Gasteiger partial charge in [0.15, 0.2) is 16.8 Å². The summed E-state index contributed by atoms with van der Waals surface area (Å²) < 4.78 is 6.70. The molecule has 0 saturated carbocycles. The number of aryl methyl sites for hydroxylation is 1. The van der Waals surface area contributed by atoms with Gasteiger partial charge in [-0.3, -0.25) is 20.4 Å². The Hall–Kier alpha value is -3.72. The smallest absolute Gasteiger partial charge is 0.257 e. The number of hydrogen-bond donors (Lipinski definition) is 3. The van der Waals surface area contributed by atoms with Crippen molar-refractivity contribution in [3.05, 3.63) is 66.7 Å². The number of para-hydroxylation sites is 1. The fourth-order valence-corrected chi connectivity index (χ4v) is 3.59. The van der Waals surface area contributed by atoms with Crippen molar-refractivity contribution in [1.82, 2.24) is 20.8 Å². The zero-order chi connectivity index (χ0) is 20.8. The van der Waals surface area contributed by atoms with Gasteiger partial charge in [-0.05, 0) is 12.1 Å². The number of anilines is 1. The lowest BCUT2D eigenvalue weighted by atomic mass is 10.2. The summed E-state index contributed by atoms with van der Waals surface area (Å²) in [4.78, 5) is 32.5. The molecule has 0 bridgehead atoms. The molecule has 152 valence electrons. The lowest BCUT2D eigenvalue weighted by molar-refractivity contribution is -0.128. The van der Waals surface area contributed by atoms with Gasteiger partial charge in [-0.25, -0.2) is 9.97 Å². The summed E-state index contributed by atoms with van der Waals surface area (Å²) in [5.74, 6) is 0.418. The van der Waals surface area contributed by atoms with Gasteiger partial charge < -0.3 is 9.73 Å². The van der Waals surface area contributed by atoms with Crippen molar-refractivity contribution in [1.29, 1.82) is 0 Å². The van der Waals surface area contributed by atoms with Gasteiger partial charge in [0.2, 0.25) is 5.91 Å². The van der Waals surface area contributed by atoms with E-state index < -0.39 is 0 Å². The van der Waals surface area contributed by atoms with E-state index in [4.69, 9.17) is 4.42 Å². The Bertz CT molecular complexity index is 1120. The van der Waals surface area contributed by atoms with Crippen molar-refractivity contribution in [3.8, 4) is 11.3 Å². The van der Waals surface area contributed by atoms with Crippen molar-refractivity contribution in [2.75, 3.05) is 11.9 Å². The molecule has 2 amide bonds. The molecule has 9 heteroatoms. The summed E-state index contributed by atoms with van der Waals surface area (Å²) in [6.07, 6.45) is 2.11. The van der Waals surface area contributed by atoms with Crippen LogP contribution in [0.25, 0.3) is 21.5 Å². The second-order valence-electron chi connectivity index (χ2n) is 6.42. The summed E-state index contributed by atoms with van der Waals surface area (Å²) in [7, 11) is 0. The van der Waals surface area contributed by atoms with Gasteiger partial charge in [-0.15, -0.1) is 0 Å². The van der Waals surface area contributed by atoms with Crippen LogP contribution in [0.2, 0.25) is 0 Å². The van der Waals surface area contributed by atoms with Crippen LogP contribution in [0.4, 0.5) is 5.13 Å². The molecule has 0 aliphatic rings. The maximum absolute atomic E-state index is 12.0. The Kier molecular flexibility index (Phi) is 6.00. The minimum Gasteiger partial charge on any atom is -0.441 e. The van der Waals surface area contributed by atoms with Crippen LogP contribution in [-0.4, -0.2) is 28.3 Å². The highest BCUT2D eigenvalue weighted by Crippen LogP contribution is 2.25. The Morgan fingerprint density at radius 1 is 0.967 bits per heavy atom. The van der Waals surface area contributed by atoms with Gasteiger partial charge in [0.1, 0.15) is 0 Å². The summed E-state index contributed by atoms with van der Waals surface area (Å²) in [6, 6.07) is 17.3. The van der Waals surface area contributed by atoms with E-state index in [0.29, 0.717) is 23.2 Å². The molecule has 0 aliphatic carbocycles. The molecule has 4 aromatic rings. The first-order chi connectivity index (χ1) is 14.7. The van der Waals surface area contributed by atoms with Crippen molar-refractivity contribution >= 4 is 38.5 Å². The molecule has 4 rings (SSSR count). The van der Waals surface area contributed by atoms with E-state index in [-0.39, 0.29) is 24.8 Å². The van der Waals surface area contributed by atoms with Crippen molar-refractivity contribution in [3.63, 3.8) is 0 Å². The van der Waals surface area contributed by atoms with E-state index in [2.05, 4.69) is 26.1 Å². The molecule has 0 unspecified atom stereocenters. The average Bonchev–Trinajstić information content (AvgIpc) is 3.42. The number of nitrogens with zero attached hydrogens (tertiary/aromatic N) is 2. The molecule has 30 heavy (non-hydrogen) atoms. The number of benzene rings is 2. The molecule has 0 spiro atoms. The fraction of sp³-hybridized carbons (Fsp3) is 0.143. The van der Waals surface area contributed by atoms with Crippen LogP contribution in [0.1, 0.15) is 12.3 Å². The minimum absolute atomic E-state index is 0.000275. The second kappa shape index (κ2) is 9.19. The third-order valence-electron chi connectivity index (χ3n) is 4.21. The maximum Gasteiger partial charge on any atom is 0.257 e. The number of hydrazine groups is 1. The lowest BCUT2D eigenvalue weighted by Gasteiger charge is -2.07. The predicted octanol–water partition coefficient (Wildman–Crippen LogP) is 3.14. The Labute approximate surface area is 176 Å². The van der Waals surface area contributed by atoms with Gasteiger partial charge in [0, 0.05) is 18.4 Å². The Morgan fingerprint density at radius 2 is 1.73 bits per heavy atom. The number of carbonyl (C=O) groups excluding carboxylic acids is 2. The van der Waals surface area contributed by atoms with E-state index in [1.807, 2.05) is 54.6 Å². The molecule has 0 atom stereocenters. The van der Waals surface area contributed by atoms with E-state index in [0.717, 1.165) is 15.8 Å². The van der Waals surface area contributed by atoms with Gasteiger partial charge in [-0.1, -0.05) is 53.8 Å². The second-order valence-corrected chi connectivity index (χ2v) is 7.45. The number of rotatable bonds is 7. The molecule has 3 N–H and O–H groups in total. The van der Waals surface area contributed by atoms with E-state index >= 15 is 0 Å². The molecule has 8 nitrogen and oxygen atoms in total. The highest BCUT2D eigenvalue weighted by molar-refractivity contribution is 7.22. The lowest BCUT2D eigenvalue weighted by Crippen LogP contribution is -2.44. The topological polar surface area (TPSA) is 109 Å². The zero-order valence-electron chi connectivity index (χ0n) is 15.9. The number of oxazole rings is 1. The predicted molar refractivity (Wildman–Crippen MR) is 115 cm³/mol. The molecule has 0 fully saturated rings. The number of carbonyl (C=O) groups is 2. The van der Waals surface area contributed by atoms with Crippen molar-refractivity contribution < 1.29 is 14.0 Å². The molecule has 2 aromatic heterocycles. The number of fused-ring (bicyclic) bond motifs is 1. The molecule has 0 aliphatic heterocycles. The monoisotopic (exact) mass is 421 g/mol. The summed E-state index contributed by atoms with van der Waals surface area (Å²) in [6.45, 7) is 0.000275. The van der Waals surface area contributed by atoms with Crippen molar-refractivity contribution in [2.24, 2.45) is 0 Å². The van der Waals surface area contributed by atoms with Crippen molar-refractivity contribution in [2.45, 2.75) is 12.8 Å². The summed E-state index contributed by atoms with van der Waals surface area (Å²) in [5, 5.41) is 3.60. The van der Waals surface area contributed by atoms with Crippen LogP contribution >= 0.6 is 11.3 Å². The van der Waals surface area contributed by atoms with Crippen LogP contribution in [0.5, 0.6) is 0 Å². The van der Waals surface area contributed by atoms with Crippen LogP contribution < -0.4 is 16.2 Å². The first kappa shape index (κ1) is 19.6. The number of hydrogen-bond acceptors (Lipinski definition) is 7. The highest BCUT2D eigenvalue weighted by atomic mass is 32.1. The zero-order valence-corrected chi connectivity index (χ0v) is 16.7. The largest absolute Gasteiger partial charge is 0.441 e. The fourth-order valence-electron chi connectivity index (χ4n) is 2.73. The van der Waals surface area contributed by atoms with Crippen LogP contribution in [0.15, 0.2) is 65.2 Å². The van der Waals surface area contributed by atoms with Crippen LogP contribution in [0, 0.1) is 0 Å². The van der Waals surface area contributed by atoms with E-state index in [9.17, 15) is 9.59 Å².